The van der Waals surface area contributed by atoms with Crippen LogP contribution in [0.5, 0.6) is 0 Å². The highest BCUT2D eigenvalue weighted by Gasteiger charge is 2.32. The second-order valence-corrected chi connectivity index (χ2v) is 7.18. The van der Waals surface area contributed by atoms with Crippen molar-refractivity contribution in [3.8, 4) is 0 Å². The number of likely N-dealkylation sites (N-methyl/N-ethyl adjacent to an activating group) is 1. The molecule has 9 nitrogen and oxygen atoms in total. The van der Waals surface area contributed by atoms with Crippen LogP contribution in [-0.2, 0) is 17.9 Å². The van der Waals surface area contributed by atoms with Crippen molar-refractivity contribution >= 4 is 17.6 Å². The zero-order valence-corrected chi connectivity index (χ0v) is 16.7. The summed E-state index contributed by atoms with van der Waals surface area (Å²) in [6.07, 6.45) is 2.00. The lowest BCUT2D eigenvalue weighted by Gasteiger charge is -2.20. The minimum absolute atomic E-state index is 0.0503. The molecule has 0 saturated heterocycles. The lowest BCUT2D eigenvalue weighted by atomic mass is 10.2. The summed E-state index contributed by atoms with van der Waals surface area (Å²) in [4.78, 5) is 35.7. The Morgan fingerprint density at radius 1 is 1.24 bits per heavy atom. The molecule has 9 heteroatoms. The molecular formula is C20H23N7O2. The monoisotopic (exact) mass is 393 g/mol. The Labute approximate surface area is 168 Å². The molecule has 1 atom stereocenters. The average molecular weight is 393 g/mol. The van der Waals surface area contributed by atoms with Crippen molar-refractivity contribution in [2.75, 3.05) is 11.9 Å². The Kier molecular flexibility index (Phi) is 4.87. The summed E-state index contributed by atoms with van der Waals surface area (Å²) in [5.74, 6) is 1.04. The van der Waals surface area contributed by atoms with Gasteiger partial charge in [-0.05, 0) is 25.8 Å². The highest BCUT2D eigenvalue weighted by molar-refractivity contribution is 6.01. The molecule has 3 aromatic rings. The number of hydrogen-bond acceptors (Lipinski definition) is 5. The average Bonchev–Trinajstić information content (AvgIpc) is 3.25. The zero-order chi connectivity index (χ0) is 20.5. The summed E-state index contributed by atoms with van der Waals surface area (Å²) in [6, 6.07) is 9.16. The number of aryl methyl sites for hydroxylation is 2. The largest absolute Gasteiger partial charge is 0.337 e. The van der Waals surface area contributed by atoms with Gasteiger partial charge in [0.15, 0.2) is 0 Å². The number of nitrogens with zero attached hydrogens (tertiary/aromatic N) is 6. The van der Waals surface area contributed by atoms with Gasteiger partial charge < -0.3 is 9.88 Å². The third-order valence-electron chi connectivity index (χ3n) is 5.12. The Hall–Kier alpha value is -3.49. The molecule has 1 N–H and O–H groups in total. The van der Waals surface area contributed by atoms with Crippen LogP contribution < -0.4 is 10.2 Å². The van der Waals surface area contributed by atoms with Crippen molar-refractivity contribution in [2.24, 2.45) is 0 Å². The van der Waals surface area contributed by atoms with Crippen LogP contribution in [0.15, 0.2) is 36.7 Å². The van der Waals surface area contributed by atoms with E-state index in [-0.39, 0.29) is 11.7 Å². The van der Waals surface area contributed by atoms with Crippen LogP contribution in [0.1, 0.15) is 34.1 Å². The van der Waals surface area contributed by atoms with Crippen molar-refractivity contribution in [1.82, 2.24) is 29.6 Å². The van der Waals surface area contributed by atoms with E-state index in [9.17, 15) is 9.59 Å². The van der Waals surface area contributed by atoms with E-state index in [4.69, 9.17) is 0 Å². The summed E-state index contributed by atoms with van der Waals surface area (Å²) >= 11 is 0. The number of carbonyl (C=O) groups excluding carboxylic acids is 2. The fourth-order valence-corrected chi connectivity index (χ4v) is 3.71. The molecule has 0 aliphatic carbocycles. The maximum absolute atomic E-state index is 12.9. The van der Waals surface area contributed by atoms with Crippen LogP contribution in [0.4, 0.5) is 5.82 Å². The molecule has 2 amide bonds. The molecule has 0 spiro atoms. The van der Waals surface area contributed by atoms with Gasteiger partial charge in [0.25, 0.3) is 11.8 Å². The number of imidazole rings is 1. The van der Waals surface area contributed by atoms with Crippen LogP contribution in [0.3, 0.4) is 0 Å². The molecule has 29 heavy (non-hydrogen) atoms. The number of benzene rings is 1. The molecule has 1 aliphatic heterocycles. The van der Waals surface area contributed by atoms with Crippen LogP contribution in [0, 0.1) is 13.8 Å². The van der Waals surface area contributed by atoms with Crippen molar-refractivity contribution in [3.05, 3.63) is 59.6 Å². The quantitative estimate of drug-likeness (QED) is 0.721. The van der Waals surface area contributed by atoms with Gasteiger partial charge in [0.1, 0.15) is 24.0 Å². The minimum Gasteiger partial charge on any atom is -0.337 e. The maximum Gasteiger partial charge on any atom is 0.291 e. The number of carbonyl (C=O) groups is 2. The van der Waals surface area contributed by atoms with Crippen LogP contribution in [0.25, 0.3) is 0 Å². The Morgan fingerprint density at radius 2 is 2.00 bits per heavy atom. The van der Waals surface area contributed by atoms with E-state index in [0.717, 1.165) is 22.9 Å². The summed E-state index contributed by atoms with van der Waals surface area (Å²) in [5, 5.41) is 7.04. The maximum atomic E-state index is 12.9. The molecular weight excluding hydrogens is 370 g/mol. The molecule has 0 bridgehead atoms. The van der Waals surface area contributed by atoms with E-state index in [2.05, 4.69) is 20.4 Å². The molecule has 2 aromatic heterocycles. The number of fused-ring (bicyclic) bond motifs is 1. The van der Waals surface area contributed by atoms with Gasteiger partial charge >= 0.3 is 0 Å². The van der Waals surface area contributed by atoms with E-state index in [1.807, 2.05) is 48.7 Å². The number of hydrogen-bond donors (Lipinski definition) is 1. The highest BCUT2D eigenvalue weighted by Crippen LogP contribution is 2.25. The first-order valence-corrected chi connectivity index (χ1v) is 9.49. The molecule has 0 radical (unpaired) electrons. The van der Waals surface area contributed by atoms with E-state index >= 15 is 0 Å². The van der Waals surface area contributed by atoms with Crippen molar-refractivity contribution in [2.45, 2.75) is 39.4 Å². The first-order valence-electron chi connectivity index (χ1n) is 9.49. The van der Waals surface area contributed by atoms with Crippen LogP contribution >= 0.6 is 0 Å². The fourth-order valence-electron chi connectivity index (χ4n) is 3.71. The van der Waals surface area contributed by atoms with Gasteiger partial charge in [0.2, 0.25) is 5.82 Å². The number of anilines is 1. The van der Waals surface area contributed by atoms with E-state index in [1.165, 1.54) is 6.33 Å². The molecule has 3 heterocycles. The Bertz CT molecular complexity index is 1050. The van der Waals surface area contributed by atoms with E-state index in [1.54, 1.807) is 16.6 Å². The summed E-state index contributed by atoms with van der Waals surface area (Å²) < 4.78 is 3.61. The van der Waals surface area contributed by atoms with Gasteiger partial charge in [-0.25, -0.2) is 14.6 Å². The normalized spacial score (nSPS) is 16.4. The molecule has 150 valence electrons. The predicted molar refractivity (Wildman–Crippen MR) is 107 cm³/mol. The smallest absolute Gasteiger partial charge is 0.291 e. The first kappa shape index (κ1) is 18.9. The lowest BCUT2D eigenvalue weighted by molar-refractivity contribution is -0.120. The zero-order valence-electron chi connectivity index (χ0n) is 16.7. The summed E-state index contributed by atoms with van der Waals surface area (Å²) in [5.41, 5.74) is 1.86. The van der Waals surface area contributed by atoms with E-state index in [0.29, 0.717) is 19.5 Å². The third kappa shape index (κ3) is 3.63. The molecule has 0 saturated carbocycles. The molecule has 1 aromatic carbocycles. The predicted octanol–water partition coefficient (Wildman–Crippen LogP) is 1.30. The number of nitrogens with one attached hydrogen (secondary N) is 1. The third-order valence-corrected chi connectivity index (χ3v) is 5.12. The summed E-state index contributed by atoms with van der Waals surface area (Å²) in [7, 11) is 1.71. The molecule has 0 fully saturated rings. The van der Waals surface area contributed by atoms with Gasteiger partial charge in [0, 0.05) is 13.6 Å². The second-order valence-electron chi connectivity index (χ2n) is 7.18. The number of amides is 2. The molecule has 1 aliphatic rings. The van der Waals surface area contributed by atoms with Crippen molar-refractivity contribution < 1.29 is 9.59 Å². The molecule has 1 unspecified atom stereocenters. The minimum atomic E-state index is -0.646. The van der Waals surface area contributed by atoms with Crippen molar-refractivity contribution in [1.29, 1.82) is 0 Å². The van der Waals surface area contributed by atoms with Gasteiger partial charge in [-0.15, -0.1) is 5.10 Å². The summed E-state index contributed by atoms with van der Waals surface area (Å²) in [6.45, 7) is 4.91. The van der Waals surface area contributed by atoms with Gasteiger partial charge in [0.05, 0.1) is 12.2 Å². The Morgan fingerprint density at radius 3 is 2.76 bits per heavy atom. The topological polar surface area (TPSA) is 97.9 Å². The van der Waals surface area contributed by atoms with Crippen LogP contribution in [0.2, 0.25) is 0 Å². The second kappa shape index (κ2) is 7.50. The Balaban J connectivity index is 1.46. The van der Waals surface area contributed by atoms with Gasteiger partial charge in [-0.1, -0.05) is 30.3 Å². The van der Waals surface area contributed by atoms with Crippen LogP contribution in [-0.4, -0.2) is 49.2 Å². The van der Waals surface area contributed by atoms with Gasteiger partial charge in [-0.2, -0.15) is 0 Å². The van der Waals surface area contributed by atoms with Crippen molar-refractivity contribution in [3.63, 3.8) is 0 Å². The highest BCUT2D eigenvalue weighted by atomic mass is 16.2. The standard InChI is InChI=1S/C20H23N7O2/c1-13-19-25(3)20(29)16(9-10-27(19)14(2)22-13)23-18(28)17-21-12-26(24-17)11-15-7-5-4-6-8-15/h4-8,12,16H,9-11H2,1-3H3,(H,23,28). The SMILES string of the molecule is Cc1nc(C)n2c1N(C)C(=O)C(NC(=O)c1ncn(Cc3ccccc3)n1)CC2. The molecule has 4 rings (SSSR count). The van der Waals surface area contributed by atoms with E-state index < -0.39 is 11.9 Å². The first-order chi connectivity index (χ1) is 13.9. The van der Waals surface area contributed by atoms with Gasteiger partial charge in [-0.3, -0.25) is 14.5 Å². The number of rotatable bonds is 4. The fraction of sp³-hybridized carbons (Fsp3) is 0.350. The lowest BCUT2D eigenvalue weighted by Crippen LogP contribution is -2.47. The number of aromatic nitrogens is 5.